The lowest BCUT2D eigenvalue weighted by atomic mass is 10.0. The Balaban J connectivity index is 1.89. The minimum atomic E-state index is -0.879. The number of methoxy groups -OCH3 is 1. The van der Waals surface area contributed by atoms with Crippen LogP contribution in [0.2, 0.25) is 0 Å². The highest BCUT2D eigenvalue weighted by atomic mass is 16.5. The molecule has 0 aliphatic carbocycles. The fourth-order valence-electron chi connectivity index (χ4n) is 4.08. The van der Waals surface area contributed by atoms with Gasteiger partial charge in [0.1, 0.15) is 5.75 Å². The van der Waals surface area contributed by atoms with Crippen LogP contribution in [0.3, 0.4) is 0 Å². The summed E-state index contributed by atoms with van der Waals surface area (Å²) in [6.45, 7) is 5.14. The van der Waals surface area contributed by atoms with E-state index >= 15 is 0 Å². The molecule has 36 heavy (non-hydrogen) atoms. The predicted octanol–water partition coefficient (Wildman–Crippen LogP) is 6.76. The van der Waals surface area contributed by atoms with E-state index < -0.39 is 11.9 Å². The van der Waals surface area contributed by atoms with E-state index in [0.717, 1.165) is 49.7 Å². The Hall–Kier alpha value is -3.60. The van der Waals surface area contributed by atoms with Crippen LogP contribution in [0.5, 0.6) is 5.75 Å². The molecule has 0 N–H and O–H groups in total. The van der Waals surface area contributed by atoms with E-state index in [1.807, 2.05) is 36.4 Å². The van der Waals surface area contributed by atoms with Crippen molar-refractivity contribution < 1.29 is 19.1 Å². The SMILES string of the molecule is CCCCCOc1ccc(-c2ccc(C)cc2)cc1N(CCCCc1ccccc1)C(=O)C(=O)OC. The van der Waals surface area contributed by atoms with Crippen LogP contribution < -0.4 is 9.64 Å². The zero-order valence-electron chi connectivity index (χ0n) is 21.7. The van der Waals surface area contributed by atoms with Gasteiger partial charge in [-0.05, 0) is 61.4 Å². The number of benzene rings is 3. The summed E-state index contributed by atoms with van der Waals surface area (Å²) in [5.74, 6) is -0.963. The number of amides is 1. The Morgan fingerprint density at radius 3 is 2.25 bits per heavy atom. The lowest BCUT2D eigenvalue weighted by Gasteiger charge is -2.25. The van der Waals surface area contributed by atoms with Crippen molar-refractivity contribution in [1.82, 2.24) is 0 Å². The topological polar surface area (TPSA) is 55.8 Å². The van der Waals surface area contributed by atoms with Gasteiger partial charge in [-0.2, -0.15) is 0 Å². The Bertz CT molecular complexity index is 1110. The van der Waals surface area contributed by atoms with Gasteiger partial charge in [0, 0.05) is 6.54 Å². The zero-order chi connectivity index (χ0) is 25.8. The summed E-state index contributed by atoms with van der Waals surface area (Å²) in [6.07, 6.45) is 5.63. The molecular formula is C31H37NO4. The van der Waals surface area contributed by atoms with Gasteiger partial charge in [0.05, 0.1) is 19.4 Å². The van der Waals surface area contributed by atoms with Crippen molar-refractivity contribution in [3.63, 3.8) is 0 Å². The van der Waals surface area contributed by atoms with Crippen molar-refractivity contribution >= 4 is 17.6 Å². The molecule has 190 valence electrons. The molecule has 0 aromatic heterocycles. The van der Waals surface area contributed by atoms with Gasteiger partial charge >= 0.3 is 11.9 Å². The van der Waals surface area contributed by atoms with Gasteiger partial charge in [-0.3, -0.25) is 9.69 Å². The number of aryl methyl sites for hydroxylation is 2. The standard InChI is InChI=1S/C31H37NO4/c1-4-5-11-22-36-29-20-19-27(26-17-15-24(2)16-18-26)23-28(29)32(30(33)31(34)35-3)21-10-9-14-25-12-7-6-8-13-25/h6-8,12-13,15-20,23H,4-5,9-11,14,21-22H2,1-3H3. The Morgan fingerprint density at radius 2 is 1.56 bits per heavy atom. The molecule has 0 radical (unpaired) electrons. The summed E-state index contributed by atoms with van der Waals surface area (Å²) in [7, 11) is 1.23. The quantitative estimate of drug-likeness (QED) is 0.161. The summed E-state index contributed by atoms with van der Waals surface area (Å²) >= 11 is 0. The summed E-state index contributed by atoms with van der Waals surface area (Å²) < 4.78 is 10.9. The largest absolute Gasteiger partial charge is 0.491 e. The van der Waals surface area contributed by atoms with Crippen LogP contribution >= 0.6 is 0 Å². The highest BCUT2D eigenvalue weighted by molar-refractivity contribution is 6.38. The number of nitrogens with zero attached hydrogens (tertiary/aromatic N) is 1. The second kappa shape index (κ2) is 14.1. The van der Waals surface area contributed by atoms with Crippen LogP contribution in [0, 0.1) is 6.92 Å². The summed E-state index contributed by atoms with van der Waals surface area (Å²) in [5.41, 5.74) is 5.02. The molecule has 0 spiro atoms. The first kappa shape index (κ1) is 27.0. The van der Waals surface area contributed by atoms with E-state index in [-0.39, 0.29) is 0 Å². The van der Waals surface area contributed by atoms with Crippen molar-refractivity contribution in [2.75, 3.05) is 25.2 Å². The third kappa shape index (κ3) is 7.70. The molecule has 5 heteroatoms. The number of rotatable bonds is 12. The van der Waals surface area contributed by atoms with Crippen LogP contribution in [-0.4, -0.2) is 32.1 Å². The fraction of sp³-hybridized carbons (Fsp3) is 0.355. The minimum absolute atomic E-state index is 0.392. The average Bonchev–Trinajstić information content (AvgIpc) is 2.91. The van der Waals surface area contributed by atoms with Crippen LogP contribution in [0.1, 0.15) is 50.2 Å². The molecule has 0 heterocycles. The molecule has 1 amide bonds. The van der Waals surface area contributed by atoms with Crippen LogP contribution in [0.25, 0.3) is 11.1 Å². The summed E-state index contributed by atoms with van der Waals surface area (Å²) in [6, 6.07) is 24.3. The van der Waals surface area contributed by atoms with E-state index in [1.165, 1.54) is 23.1 Å². The molecule has 0 aliphatic rings. The third-order valence-electron chi connectivity index (χ3n) is 6.19. The number of anilines is 1. The molecule has 0 fully saturated rings. The number of hydrogen-bond donors (Lipinski definition) is 0. The molecule has 0 saturated heterocycles. The second-order valence-electron chi connectivity index (χ2n) is 9.00. The highest BCUT2D eigenvalue weighted by Gasteiger charge is 2.27. The number of unbranched alkanes of at least 4 members (excludes halogenated alkanes) is 3. The van der Waals surface area contributed by atoms with Gasteiger partial charge in [0.2, 0.25) is 0 Å². The Labute approximate surface area is 215 Å². The summed E-state index contributed by atoms with van der Waals surface area (Å²) in [4.78, 5) is 27.0. The maximum atomic E-state index is 13.2. The van der Waals surface area contributed by atoms with Gasteiger partial charge < -0.3 is 9.47 Å². The highest BCUT2D eigenvalue weighted by Crippen LogP contribution is 2.34. The number of carbonyl (C=O) groups is 2. The molecule has 0 bridgehead atoms. The van der Waals surface area contributed by atoms with Gasteiger partial charge in [-0.25, -0.2) is 4.79 Å². The number of ether oxygens (including phenoxy) is 2. The molecular weight excluding hydrogens is 450 g/mol. The molecule has 3 aromatic rings. The maximum Gasteiger partial charge on any atom is 0.397 e. The lowest BCUT2D eigenvalue weighted by Crippen LogP contribution is -2.38. The van der Waals surface area contributed by atoms with Crippen molar-refractivity contribution in [3.05, 3.63) is 83.9 Å². The fourth-order valence-corrected chi connectivity index (χ4v) is 4.08. The molecule has 3 aromatic carbocycles. The van der Waals surface area contributed by atoms with E-state index in [1.54, 1.807) is 0 Å². The molecule has 5 nitrogen and oxygen atoms in total. The second-order valence-corrected chi connectivity index (χ2v) is 9.00. The van der Waals surface area contributed by atoms with Gasteiger partial charge in [0.15, 0.2) is 0 Å². The van der Waals surface area contributed by atoms with E-state index in [2.05, 4.69) is 50.2 Å². The smallest absolute Gasteiger partial charge is 0.397 e. The first-order valence-corrected chi connectivity index (χ1v) is 12.8. The van der Waals surface area contributed by atoms with Crippen molar-refractivity contribution in [2.45, 2.75) is 52.4 Å². The Morgan fingerprint density at radius 1 is 0.833 bits per heavy atom. The van der Waals surface area contributed by atoms with Crippen LogP contribution in [-0.2, 0) is 20.7 Å². The average molecular weight is 488 g/mol. The number of carbonyl (C=O) groups excluding carboxylic acids is 2. The van der Waals surface area contributed by atoms with Crippen LogP contribution in [0.4, 0.5) is 5.69 Å². The van der Waals surface area contributed by atoms with Crippen molar-refractivity contribution in [2.24, 2.45) is 0 Å². The zero-order valence-corrected chi connectivity index (χ0v) is 21.7. The number of hydrogen-bond acceptors (Lipinski definition) is 4. The molecule has 0 unspecified atom stereocenters. The first-order valence-electron chi connectivity index (χ1n) is 12.8. The van der Waals surface area contributed by atoms with E-state index in [0.29, 0.717) is 24.6 Å². The van der Waals surface area contributed by atoms with E-state index in [9.17, 15) is 9.59 Å². The third-order valence-corrected chi connectivity index (χ3v) is 6.19. The molecule has 0 saturated carbocycles. The first-order chi connectivity index (χ1) is 17.5. The number of esters is 1. The molecule has 3 rings (SSSR count). The molecule has 0 atom stereocenters. The van der Waals surface area contributed by atoms with Crippen LogP contribution in [0.15, 0.2) is 72.8 Å². The summed E-state index contributed by atoms with van der Waals surface area (Å²) in [5, 5.41) is 0. The van der Waals surface area contributed by atoms with Gasteiger partial charge in [-0.1, -0.05) is 86.0 Å². The minimum Gasteiger partial charge on any atom is -0.491 e. The van der Waals surface area contributed by atoms with E-state index in [4.69, 9.17) is 9.47 Å². The van der Waals surface area contributed by atoms with Crippen molar-refractivity contribution in [3.8, 4) is 16.9 Å². The van der Waals surface area contributed by atoms with Crippen molar-refractivity contribution in [1.29, 1.82) is 0 Å². The van der Waals surface area contributed by atoms with Gasteiger partial charge in [-0.15, -0.1) is 0 Å². The Kier molecular flexibility index (Phi) is 10.6. The normalized spacial score (nSPS) is 10.6. The monoisotopic (exact) mass is 487 g/mol. The van der Waals surface area contributed by atoms with Gasteiger partial charge in [0.25, 0.3) is 0 Å². The lowest BCUT2D eigenvalue weighted by molar-refractivity contribution is -0.151. The predicted molar refractivity (Wildman–Crippen MR) is 145 cm³/mol. The maximum absolute atomic E-state index is 13.2. The molecule has 0 aliphatic heterocycles.